The Hall–Kier alpha value is -1.62. The van der Waals surface area contributed by atoms with Gasteiger partial charge in [-0.1, -0.05) is 0 Å². The Kier molecular flexibility index (Phi) is 3.41. The average Bonchev–Trinajstić information content (AvgIpc) is 2.18. The fraction of sp³-hybridized carbons (Fsp3) is 0.333. The normalized spacial score (nSPS) is 9.86. The van der Waals surface area contributed by atoms with Crippen LogP contribution in [0.1, 0.15) is 10.5 Å². The van der Waals surface area contributed by atoms with Crippen molar-refractivity contribution in [1.29, 1.82) is 0 Å². The van der Waals surface area contributed by atoms with Crippen LogP contribution in [-0.4, -0.2) is 41.0 Å². The molecule has 0 unspecified atom stereocenters. The van der Waals surface area contributed by atoms with Gasteiger partial charge >= 0.3 is 0 Å². The van der Waals surface area contributed by atoms with E-state index in [4.69, 9.17) is 5.73 Å². The summed E-state index contributed by atoms with van der Waals surface area (Å²) in [4.78, 5) is 16.8. The second-order valence-corrected chi connectivity index (χ2v) is 2.89. The van der Waals surface area contributed by atoms with Gasteiger partial charge in [0.05, 0.1) is 0 Å². The molecule has 0 fully saturated rings. The van der Waals surface area contributed by atoms with Gasteiger partial charge in [0, 0.05) is 26.3 Å². The number of carbonyl (C=O) groups is 1. The molecular formula is C9H13N3O2. The Bertz CT molecular complexity index is 328. The van der Waals surface area contributed by atoms with Gasteiger partial charge in [0.2, 0.25) is 0 Å². The summed E-state index contributed by atoms with van der Waals surface area (Å²) >= 11 is 0. The molecule has 0 spiro atoms. The Balaban J connectivity index is 2.84. The molecule has 0 saturated heterocycles. The minimum absolute atomic E-state index is 0.0588. The molecule has 14 heavy (non-hydrogen) atoms. The highest BCUT2D eigenvalue weighted by atomic mass is 16.3. The molecule has 0 saturated carbocycles. The van der Waals surface area contributed by atoms with Gasteiger partial charge in [-0.15, -0.1) is 0 Å². The zero-order chi connectivity index (χ0) is 10.6. The first kappa shape index (κ1) is 10.5. The van der Waals surface area contributed by atoms with Crippen molar-refractivity contribution < 1.29 is 9.90 Å². The molecule has 1 aromatic rings. The monoisotopic (exact) mass is 195 g/mol. The van der Waals surface area contributed by atoms with Gasteiger partial charge in [0.15, 0.2) is 5.69 Å². The number of likely N-dealkylation sites (N-methyl/N-ethyl adjacent to an activating group) is 1. The first-order valence-electron chi connectivity index (χ1n) is 4.26. The molecule has 0 aliphatic rings. The smallest absolute Gasteiger partial charge is 0.276 e. The van der Waals surface area contributed by atoms with Crippen molar-refractivity contribution in [3.8, 4) is 5.75 Å². The summed E-state index contributed by atoms with van der Waals surface area (Å²) in [5.41, 5.74) is 5.37. The molecule has 1 amide bonds. The van der Waals surface area contributed by atoms with E-state index in [0.717, 1.165) is 0 Å². The van der Waals surface area contributed by atoms with Crippen molar-refractivity contribution in [2.24, 2.45) is 5.73 Å². The SMILES string of the molecule is CN(CCN)C(=O)c1ncccc1O. The number of nitrogens with two attached hydrogens (primary N) is 1. The van der Waals surface area contributed by atoms with Crippen LogP contribution in [0.3, 0.4) is 0 Å². The van der Waals surface area contributed by atoms with Gasteiger partial charge in [-0.2, -0.15) is 0 Å². The Morgan fingerprint density at radius 3 is 3.00 bits per heavy atom. The van der Waals surface area contributed by atoms with E-state index < -0.39 is 0 Å². The second-order valence-electron chi connectivity index (χ2n) is 2.89. The highest BCUT2D eigenvalue weighted by molar-refractivity contribution is 5.94. The minimum atomic E-state index is -0.325. The number of hydrogen-bond acceptors (Lipinski definition) is 4. The lowest BCUT2D eigenvalue weighted by Gasteiger charge is -2.15. The van der Waals surface area contributed by atoms with Crippen molar-refractivity contribution in [3.63, 3.8) is 0 Å². The molecule has 3 N–H and O–H groups in total. The van der Waals surface area contributed by atoms with Crippen molar-refractivity contribution in [2.75, 3.05) is 20.1 Å². The van der Waals surface area contributed by atoms with Crippen LogP contribution in [0.15, 0.2) is 18.3 Å². The summed E-state index contributed by atoms with van der Waals surface area (Å²) in [6, 6.07) is 2.99. The maximum atomic E-state index is 11.6. The van der Waals surface area contributed by atoms with E-state index in [0.29, 0.717) is 13.1 Å². The number of aromatic hydroxyl groups is 1. The highest BCUT2D eigenvalue weighted by Crippen LogP contribution is 2.13. The van der Waals surface area contributed by atoms with Crippen molar-refractivity contribution in [2.45, 2.75) is 0 Å². The third-order valence-electron chi connectivity index (χ3n) is 1.80. The lowest BCUT2D eigenvalue weighted by molar-refractivity contribution is 0.0790. The fourth-order valence-electron chi connectivity index (χ4n) is 1.04. The maximum Gasteiger partial charge on any atom is 0.276 e. The summed E-state index contributed by atoms with van der Waals surface area (Å²) in [7, 11) is 1.61. The lowest BCUT2D eigenvalue weighted by atomic mass is 10.3. The number of amides is 1. The van der Waals surface area contributed by atoms with Crippen LogP contribution in [0.2, 0.25) is 0 Å². The first-order valence-corrected chi connectivity index (χ1v) is 4.26. The molecule has 76 valence electrons. The number of hydrogen-bond donors (Lipinski definition) is 2. The number of carbonyl (C=O) groups excluding carboxylic acids is 1. The highest BCUT2D eigenvalue weighted by Gasteiger charge is 2.15. The molecule has 0 aromatic carbocycles. The third kappa shape index (κ3) is 2.20. The van der Waals surface area contributed by atoms with Crippen molar-refractivity contribution in [1.82, 2.24) is 9.88 Å². The summed E-state index contributed by atoms with van der Waals surface area (Å²) in [5.74, 6) is -0.435. The molecule has 5 heteroatoms. The van der Waals surface area contributed by atoms with E-state index in [-0.39, 0.29) is 17.4 Å². The van der Waals surface area contributed by atoms with E-state index in [2.05, 4.69) is 4.98 Å². The number of aromatic nitrogens is 1. The molecule has 0 bridgehead atoms. The average molecular weight is 195 g/mol. The quantitative estimate of drug-likeness (QED) is 0.701. The minimum Gasteiger partial charge on any atom is -0.505 e. The molecule has 1 rings (SSSR count). The van der Waals surface area contributed by atoms with E-state index in [1.807, 2.05) is 0 Å². The topological polar surface area (TPSA) is 79.5 Å². The lowest BCUT2D eigenvalue weighted by Crippen LogP contribution is -2.32. The predicted molar refractivity (Wildman–Crippen MR) is 51.9 cm³/mol. The van der Waals surface area contributed by atoms with Crippen LogP contribution in [0.4, 0.5) is 0 Å². The largest absolute Gasteiger partial charge is 0.505 e. The van der Waals surface area contributed by atoms with Crippen LogP contribution < -0.4 is 5.73 Å². The molecule has 1 aromatic heterocycles. The summed E-state index contributed by atoms with van der Waals surface area (Å²) in [5, 5.41) is 9.36. The number of rotatable bonds is 3. The maximum absolute atomic E-state index is 11.6. The van der Waals surface area contributed by atoms with Gasteiger partial charge in [0.1, 0.15) is 5.75 Å². The van der Waals surface area contributed by atoms with Gasteiger partial charge in [-0.3, -0.25) is 4.79 Å². The Morgan fingerprint density at radius 2 is 2.43 bits per heavy atom. The van der Waals surface area contributed by atoms with Crippen molar-refractivity contribution in [3.05, 3.63) is 24.0 Å². The summed E-state index contributed by atoms with van der Waals surface area (Å²) in [6.07, 6.45) is 1.46. The van der Waals surface area contributed by atoms with E-state index in [1.165, 1.54) is 17.2 Å². The number of nitrogens with zero attached hydrogens (tertiary/aromatic N) is 2. The van der Waals surface area contributed by atoms with Crippen LogP contribution in [0.5, 0.6) is 5.75 Å². The first-order chi connectivity index (χ1) is 6.66. The third-order valence-corrected chi connectivity index (χ3v) is 1.80. The molecule has 0 aliphatic heterocycles. The van der Waals surface area contributed by atoms with E-state index in [9.17, 15) is 9.90 Å². The summed E-state index contributed by atoms with van der Waals surface area (Å²) in [6.45, 7) is 0.824. The van der Waals surface area contributed by atoms with Gasteiger partial charge < -0.3 is 15.7 Å². The van der Waals surface area contributed by atoms with Crippen LogP contribution in [0.25, 0.3) is 0 Å². The Labute approximate surface area is 82.2 Å². The predicted octanol–water partition coefficient (Wildman–Crippen LogP) is -0.182. The number of pyridine rings is 1. The molecule has 1 heterocycles. The molecular weight excluding hydrogens is 182 g/mol. The molecule has 0 radical (unpaired) electrons. The summed E-state index contributed by atoms with van der Waals surface area (Å²) < 4.78 is 0. The standard InChI is InChI=1S/C9H13N3O2/c1-12(6-4-10)9(14)8-7(13)3-2-5-11-8/h2-3,5,13H,4,6,10H2,1H3. The molecule has 5 nitrogen and oxygen atoms in total. The van der Waals surface area contributed by atoms with Gasteiger partial charge in [-0.05, 0) is 12.1 Å². The van der Waals surface area contributed by atoms with E-state index in [1.54, 1.807) is 13.1 Å². The van der Waals surface area contributed by atoms with Crippen LogP contribution in [0, 0.1) is 0 Å². The fourth-order valence-corrected chi connectivity index (χ4v) is 1.04. The molecule has 0 aliphatic carbocycles. The van der Waals surface area contributed by atoms with Crippen LogP contribution in [-0.2, 0) is 0 Å². The van der Waals surface area contributed by atoms with Gasteiger partial charge in [0.25, 0.3) is 5.91 Å². The zero-order valence-electron chi connectivity index (χ0n) is 7.97. The Morgan fingerprint density at radius 1 is 1.71 bits per heavy atom. The van der Waals surface area contributed by atoms with Crippen LogP contribution >= 0.6 is 0 Å². The van der Waals surface area contributed by atoms with E-state index >= 15 is 0 Å². The molecule has 0 atom stereocenters. The van der Waals surface area contributed by atoms with Crippen molar-refractivity contribution >= 4 is 5.91 Å². The van der Waals surface area contributed by atoms with Gasteiger partial charge in [-0.25, -0.2) is 4.98 Å². The second kappa shape index (κ2) is 4.57. The zero-order valence-corrected chi connectivity index (χ0v) is 7.97.